The number of nitrogens with one attached hydrogen (secondary N) is 1. The summed E-state index contributed by atoms with van der Waals surface area (Å²) in [6.07, 6.45) is 0. The molecule has 1 atom stereocenters. The number of ether oxygens (including phenoxy) is 1. The molecule has 0 aromatic heterocycles. The topological polar surface area (TPSA) is 38.3 Å². The number of methoxy groups -OCH3 is 1. The van der Waals surface area contributed by atoms with Crippen LogP contribution in [0, 0.1) is 5.82 Å². The van der Waals surface area contributed by atoms with Gasteiger partial charge in [-0.05, 0) is 40.2 Å². The highest BCUT2D eigenvalue weighted by Crippen LogP contribution is 2.29. The van der Waals surface area contributed by atoms with Gasteiger partial charge in [0.2, 0.25) is 0 Å². The van der Waals surface area contributed by atoms with E-state index >= 15 is 0 Å². The first kappa shape index (κ1) is 16.0. The summed E-state index contributed by atoms with van der Waals surface area (Å²) >= 11 is 6.58. The lowest BCUT2D eigenvalue weighted by Gasteiger charge is -2.19. The molecule has 0 aliphatic rings. The molecule has 3 nitrogen and oxygen atoms in total. The molecule has 0 heterocycles. The third kappa shape index (κ3) is 3.83. The second kappa shape index (κ2) is 7.04. The van der Waals surface area contributed by atoms with Crippen molar-refractivity contribution in [2.45, 2.75) is 6.04 Å². The van der Waals surface area contributed by atoms with Crippen LogP contribution in [0.1, 0.15) is 11.6 Å². The largest absolute Gasteiger partial charge is 0.467 e. The number of para-hydroxylation sites is 1. The lowest BCUT2D eigenvalue weighted by Crippen LogP contribution is -2.23. The summed E-state index contributed by atoms with van der Waals surface area (Å²) in [6, 6.07) is 10.9. The van der Waals surface area contributed by atoms with Crippen molar-refractivity contribution < 1.29 is 13.9 Å². The fraction of sp³-hybridized carbons (Fsp3) is 0.133. The molecular weight excluding hydrogens is 405 g/mol. The number of esters is 1. The van der Waals surface area contributed by atoms with Crippen LogP contribution in [0.3, 0.4) is 0 Å². The van der Waals surface area contributed by atoms with E-state index in [-0.39, 0.29) is 5.56 Å². The summed E-state index contributed by atoms with van der Waals surface area (Å²) in [5.74, 6) is -1.05. The highest BCUT2D eigenvalue weighted by Gasteiger charge is 2.25. The molecule has 6 heteroatoms. The van der Waals surface area contributed by atoms with Gasteiger partial charge >= 0.3 is 5.97 Å². The summed E-state index contributed by atoms with van der Waals surface area (Å²) < 4.78 is 20.3. The molecule has 0 spiro atoms. The minimum Gasteiger partial charge on any atom is -0.467 e. The second-order valence-corrected chi connectivity index (χ2v) is 6.02. The average Bonchev–Trinajstić information content (AvgIpc) is 2.46. The summed E-state index contributed by atoms with van der Waals surface area (Å²) in [6.45, 7) is 0. The molecule has 0 saturated heterocycles. The van der Waals surface area contributed by atoms with Gasteiger partial charge < -0.3 is 10.1 Å². The molecule has 0 aliphatic heterocycles. The number of rotatable bonds is 4. The fourth-order valence-electron chi connectivity index (χ4n) is 1.85. The third-order valence-electron chi connectivity index (χ3n) is 2.88. The van der Waals surface area contributed by atoms with Crippen LogP contribution in [0.5, 0.6) is 0 Å². The van der Waals surface area contributed by atoms with E-state index in [2.05, 4.69) is 37.2 Å². The Hall–Kier alpha value is -1.40. The Morgan fingerprint density at radius 2 is 1.95 bits per heavy atom. The number of anilines is 1. The Kier molecular flexibility index (Phi) is 5.36. The van der Waals surface area contributed by atoms with Crippen LogP contribution in [0.15, 0.2) is 51.4 Å². The monoisotopic (exact) mass is 415 g/mol. The van der Waals surface area contributed by atoms with Gasteiger partial charge in [0.25, 0.3) is 0 Å². The zero-order valence-electron chi connectivity index (χ0n) is 11.1. The van der Waals surface area contributed by atoms with Crippen LogP contribution >= 0.6 is 31.9 Å². The first-order chi connectivity index (χ1) is 10.0. The fourth-order valence-corrected chi connectivity index (χ4v) is 2.58. The molecular formula is C15H12Br2FNO2. The average molecular weight is 417 g/mol. The van der Waals surface area contributed by atoms with Crippen LogP contribution in [0.2, 0.25) is 0 Å². The molecule has 2 aromatic rings. The molecule has 1 N–H and O–H groups in total. The lowest BCUT2D eigenvalue weighted by molar-refractivity contribution is -0.141. The predicted molar refractivity (Wildman–Crippen MR) is 86.6 cm³/mol. The zero-order valence-corrected chi connectivity index (χ0v) is 14.2. The van der Waals surface area contributed by atoms with E-state index in [1.807, 2.05) is 18.2 Å². The van der Waals surface area contributed by atoms with Crippen LogP contribution in [0.4, 0.5) is 10.1 Å². The molecule has 2 aromatic carbocycles. The normalized spacial score (nSPS) is 11.8. The highest BCUT2D eigenvalue weighted by atomic mass is 79.9. The first-order valence-corrected chi connectivity index (χ1v) is 7.65. The Morgan fingerprint density at radius 1 is 1.24 bits per heavy atom. The van der Waals surface area contributed by atoms with E-state index in [9.17, 15) is 9.18 Å². The maximum Gasteiger partial charge on any atom is 0.333 e. The molecule has 0 bridgehead atoms. The number of halogens is 3. The second-order valence-electron chi connectivity index (χ2n) is 4.25. The molecule has 0 aliphatic carbocycles. The van der Waals surface area contributed by atoms with Gasteiger partial charge in [0, 0.05) is 20.2 Å². The maximum atomic E-state index is 14.1. The van der Waals surface area contributed by atoms with Crippen molar-refractivity contribution in [1.29, 1.82) is 0 Å². The van der Waals surface area contributed by atoms with Gasteiger partial charge in [-0.2, -0.15) is 0 Å². The van der Waals surface area contributed by atoms with Crippen molar-refractivity contribution in [3.05, 3.63) is 62.8 Å². The van der Waals surface area contributed by atoms with E-state index in [0.717, 1.165) is 4.47 Å². The number of benzene rings is 2. The van der Waals surface area contributed by atoms with Crippen molar-refractivity contribution in [1.82, 2.24) is 0 Å². The number of carbonyl (C=O) groups is 1. The van der Waals surface area contributed by atoms with Crippen molar-refractivity contribution in [3.63, 3.8) is 0 Å². The summed E-state index contributed by atoms with van der Waals surface area (Å²) in [5.41, 5.74) is 0.899. The molecule has 1 unspecified atom stereocenters. The molecule has 0 amide bonds. The van der Waals surface area contributed by atoms with E-state index < -0.39 is 17.8 Å². The number of hydrogen-bond donors (Lipinski definition) is 1. The Bertz CT molecular complexity index is 664. The van der Waals surface area contributed by atoms with E-state index in [1.54, 1.807) is 18.2 Å². The minimum atomic E-state index is -0.929. The van der Waals surface area contributed by atoms with Crippen molar-refractivity contribution in [2.24, 2.45) is 0 Å². The summed E-state index contributed by atoms with van der Waals surface area (Å²) in [7, 11) is 1.27. The molecule has 2 rings (SSSR count). The summed E-state index contributed by atoms with van der Waals surface area (Å²) in [5, 5.41) is 3.00. The van der Waals surface area contributed by atoms with Gasteiger partial charge in [0.1, 0.15) is 5.82 Å². The van der Waals surface area contributed by atoms with Gasteiger partial charge in [-0.15, -0.1) is 0 Å². The standard InChI is InChI=1S/C15H12Br2FNO2/c1-21-15(20)14(10-7-6-9(16)8-12(10)18)19-13-5-3-2-4-11(13)17/h2-8,14,19H,1H3. The van der Waals surface area contributed by atoms with Crippen LogP contribution < -0.4 is 5.32 Å². The van der Waals surface area contributed by atoms with Crippen molar-refractivity contribution in [2.75, 3.05) is 12.4 Å². The SMILES string of the molecule is COC(=O)C(Nc1ccccc1Br)c1ccc(Br)cc1F. The predicted octanol–water partition coefficient (Wildman–Crippen LogP) is 4.68. The van der Waals surface area contributed by atoms with Crippen molar-refractivity contribution >= 4 is 43.5 Å². The lowest BCUT2D eigenvalue weighted by atomic mass is 10.1. The Balaban J connectivity index is 2.40. The molecule has 0 saturated carbocycles. The van der Waals surface area contributed by atoms with Gasteiger partial charge in [-0.3, -0.25) is 0 Å². The van der Waals surface area contributed by atoms with E-state index in [0.29, 0.717) is 10.2 Å². The molecule has 110 valence electrons. The van der Waals surface area contributed by atoms with Crippen molar-refractivity contribution in [3.8, 4) is 0 Å². The molecule has 0 fully saturated rings. The highest BCUT2D eigenvalue weighted by molar-refractivity contribution is 9.10. The Labute approximate surface area is 138 Å². The quantitative estimate of drug-likeness (QED) is 0.735. The molecule has 0 radical (unpaired) electrons. The maximum absolute atomic E-state index is 14.1. The first-order valence-electron chi connectivity index (χ1n) is 6.06. The smallest absolute Gasteiger partial charge is 0.333 e. The van der Waals surface area contributed by atoms with Crippen LogP contribution in [0.25, 0.3) is 0 Å². The van der Waals surface area contributed by atoms with Crippen LogP contribution in [-0.4, -0.2) is 13.1 Å². The van der Waals surface area contributed by atoms with Gasteiger partial charge in [-0.1, -0.05) is 34.1 Å². The van der Waals surface area contributed by atoms with Gasteiger partial charge in [0.15, 0.2) is 6.04 Å². The van der Waals surface area contributed by atoms with E-state index in [1.165, 1.54) is 13.2 Å². The van der Waals surface area contributed by atoms with Gasteiger partial charge in [-0.25, -0.2) is 9.18 Å². The third-order valence-corrected chi connectivity index (χ3v) is 4.07. The minimum absolute atomic E-state index is 0.223. The summed E-state index contributed by atoms with van der Waals surface area (Å²) in [4.78, 5) is 12.0. The number of hydrogen-bond acceptors (Lipinski definition) is 3. The molecule has 21 heavy (non-hydrogen) atoms. The van der Waals surface area contributed by atoms with Gasteiger partial charge in [0.05, 0.1) is 7.11 Å². The van der Waals surface area contributed by atoms with Crippen LogP contribution in [-0.2, 0) is 9.53 Å². The van der Waals surface area contributed by atoms with E-state index in [4.69, 9.17) is 4.74 Å². The Morgan fingerprint density at radius 3 is 2.57 bits per heavy atom. The number of carbonyl (C=O) groups excluding carboxylic acids is 1. The zero-order chi connectivity index (χ0) is 15.4.